The quantitative estimate of drug-likeness (QED) is 0.731. The van der Waals surface area contributed by atoms with Crippen molar-refractivity contribution < 1.29 is 5.11 Å². The Kier molecular flexibility index (Phi) is 5.77. The van der Waals surface area contributed by atoms with Gasteiger partial charge in [-0.1, -0.05) is 26.2 Å². The fourth-order valence-corrected chi connectivity index (χ4v) is 2.75. The zero-order valence-corrected chi connectivity index (χ0v) is 11.3. The summed E-state index contributed by atoms with van der Waals surface area (Å²) >= 11 is 0. The maximum Gasteiger partial charge on any atom is 0.0448 e. The number of hydrogen-bond acceptors (Lipinski definition) is 2. The van der Waals surface area contributed by atoms with Crippen LogP contribution in [0.15, 0.2) is 0 Å². The first-order chi connectivity index (χ1) is 7.57. The van der Waals surface area contributed by atoms with E-state index in [2.05, 4.69) is 26.1 Å². The lowest BCUT2D eigenvalue weighted by molar-refractivity contribution is 0.203. The lowest BCUT2D eigenvalue weighted by Crippen LogP contribution is -2.43. The standard InChI is InChI=1S/C14H29NO/c1-4-12-6-5-7-13(10-12)11-15-14(2,3)8-9-16/h12-13,15-16H,4-11H2,1-3H3. The monoisotopic (exact) mass is 227 g/mol. The first kappa shape index (κ1) is 14.0. The number of hydrogen-bond donors (Lipinski definition) is 2. The van der Waals surface area contributed by atoms with Crippen LogP contribution in [0.5, 0.6) is 0 Å². The van der Waals surface area contributed by atoms with Gasteiger partial charge in [-0.05, 0) is 51.5 Å². The summed E-state index contributed by atoms with van der Waals surface area (Å²) in [5.74, 6) is 1.82. The van der Waals surface area contributed by atoms with E-state index in [9.17, 15) is 0 Å². The van der Waals surface area contributed by atoms with E-state index in [0.717, 1.165) is 24.8 Å². The SMILES string of the molecule is CCC1CCCC(CNC(C)(C)CCO)C1. The van der Waals surface area contributed by atoms with Crippen LogP contribution in [0.2, 0.25) is 0 Å². The minimum Gasteiger partial charge on any atom is -0.396 e. The second-order valence-electron chi connectivity index (χ2n) is 6.05. The van der Waals surface area contributed by atoms with Gasteiger partial charge in [-0.3, -0.25) is 0 Å². The third kappa shape index (κ3) is 4.84. The first-order valence-corrected chi connectivity index (χ1v) is 6.93. The fraction of sp³-hybridized carbons (Fsp3) is 1.00. The molecule has 2 N–H and O–H groups in total. The van der Waals surface area contributed by atoms with Gasteiger partial charge < -0.3 is 10.4 Å². The van der Waals surface area contributed by atoms with Crippen LogP contribution in [0.1, 0.15) is 59.3 Å². The van der Waals surface area contributed by atoms with Crippen LogP contribution in [0.3, 0.4) is 0 Å². The molecule has 0 bridgehead atoms. The van der Waals surface area contributed by atoms with Crippen LogP contribution < -0.4 is 5.32 Å². The van der Waals surface area contributed by atoms with E-state index < -0.39 is 0 Å². The zero-order chi connectivity index (χ0) is 12.0. The van der Waals surface area contributed by atoms with Crippen molar-refractivity contribution >= 4 is 0 Å². The minimum atomic E-state index is 0.0912. The van der Waals surface area contributed by atoms with Crippen molar-refractivity contribution in [3.8, 4) is 0 Å². The van der Waals surface area contributed by atoms with Crippen molar-refractivity contribution in [3.05, 3.63) is 0 Å². The Hall–Kier alpha value is -0.0800. The van der Waals surface area contributed by atoms with Crippen LogP contribution >= 0.6 is 0 Å². The summed E-state index contributed by atoms with van der Waals surface area (Å²) in [5, 5.41) is 12.6. The molecule has 2 atom stereocenters. The number of rotatable bonds is 6. The van der Waals surface area contributed by atoms with E-state index in [-0.39, 0.29) is 12.1 Å². The molecule has 2 heteroatoms. The highest BCUT2D eigenvalue weighted by atomic mass is 16.3. The average Bonchev–Trinajstić information content (AvgIpc) is 2.27. The van der Waals surface area contributed by atoms with Gasteiger partial charge in [-0.25, -0.2) is 0 Å². The molecular formula is C14H29NO. The van der Waals surface area contributed by atoms with Crippen LogP contribution in [-0.4, -0.2) is 23.8 Å². The van der Waals surface area contributed by atoms with Crippen molar-refractivity contribution in [2.24, 2.45) is 11.8 Å². The molecule has 0 saturated heterocycles. The van der Waals surface area contributed by atoms with Gasteiger partial charge in [-0.2, -0.15) is 0 Å². The van der Waals surface area contributed by atoms with E-state index in [4.69, 9.17) is 5.11 Å². The van der Waals surface area contributed by atoms with Crippen molar-refractivity contribution in [1.82, 2.24) is 5.32 Å². The minimum absolute atomic E-state index is 0.0912. The molecule has 1 saturated carbocycles. The van der Waals surface area contributed by atoms with Crippen molar-refractivity contribution in [1.29, 1.82) is 0 Å². The Morgan fingerprint density at radius 2 is 1.94 bits per heavy atom. The fourth-order valence-electron chi connectivity index (χ4n) is 2.75. The second kappa shape index (κ2) is 6.61. The van der Waals surface area contributed by atoms with Gasteiger partial charge in [-0.15, -0.1) is 0 Å². The molecule has 1 aliphatic rings. The Balaban J connectivity index is 2.26. The predicted octanol–water partition coefficient (Wildman–Crippen LogP) is 2.95. The normalized spacial score (nSPS) is 27.0. The zero-order valence-electron chi connectivity index (χ0n) is 11.3. The predicted molar refractivity (Wildman–Crippen MR) is 69.5 cm³/mol. The summed E-state index contributed by atoms with van der Waals surface area (Å²) in [4.78, 5) is 0. The molecule has 1 fully saturated rings. The molecule has 0 aromatic carbocycles. The first-order valence-electron chi connectivity index (χ1n) is 6.93. The number of nitrogens with one attached hydrogen (secondary N) is 1. The highest BCUT2D eigenvalue weighted by Gasteiger charge is 2.23. The molecule has 1 rings (SSSR count). The molecule has 0 radical (unpaired) electrons. The van der Waals surface area contributed by atoms with E-state index >= 15 is 0 Å². The highest BCUT2D eigenvalue weighted by molar-refractivity contribution is 4.81. The van der Waals surface area contributed by atoms with Gasteiger partial charge in [0.2, 0.25) is 0 Å². The second-order valence-corrected chi connectivity index (χ2v) is 6.05. The van der Waals surface area contributed by atoms with Crippen LogP contribution in [0.4, 0.5) is 0 Å². The van der Waals surface area contributed by atoms with Gasteiger partial charge in [0.1, 0.15) is 0 Å². The summed E-state index contributed by atoms with van der Waals surface area (Å²) in [6, 6.07) is 0. The molecular weight excluding hydrogens is 198 g/mol. The summed E-state index contributed by atoms with van der Waals surface area (Å²) < 4.78 is 0. The lowest BCUT2D eigenvalue weighted by Gasteiger charge is -2.33. The molecule has 2 nitrogen and oxygen atoms in total. The molecule has 1 aliphatic carbocycles. The third-order valence-electron chi connectivity index (χ3n) is 4.07. The smallest absolute Gasteiger partial charge is 0.0448 e. The van der Waals surface area contributed by atoms with Crippen LogP contribution in [-0.2, 0) is 0 Å². The number of aliphatic hydroxyl groups excluding tert-OH is 1. The van der Waals surface area contributed by atoms with Gasteiger partial charge in [0, 0.05) is 12.1 Å². The Labute approximate surface area is 101 Å². The Morgan fingerprint density at radius 3 is 2.56 bits per heavy atom. The van der Waals surface area contributed by atoms with Crippen LogP contribution in [0, 0.1) is 11.8 Å². The Morgan fingerprint density at radius 1 is 1.25 bits per heavy atom. The maximum atomic E-state index is 8.98. The largest absolute Gasteiger partial charge is 0.396 e. The molecule has 96 valence electrons. The van der Waals surface area contributed by atoms with Crippen molar-refractivity contribution in [2.45, 2.75) is 64.8 Å². The summed E-state index contributed by atoms with van der Waals surface area (Å²) in [6.07, 6.45) is 7.82. The summed E-state index contributed by atoms with van der Waals surface area (Å²) in [6.45, 7) is 8.09. The van der Waals surface area contributed by atoms with E-state index in [0.29, 0.717) is 0 Å². The van der Waals surface area contributed by atoms with Gasteiger partial charge in [0.15, 0.2) is 0 Å². The maximum absolute atomic E-state index is 8.98. The van der Waals surface area contributed by atoms with E-state index in [1.165, 1.54) is 32.1 Å². The molecule has 0 aromatic heterocycles. The Bertz CT molecular complexity index is 191. The van der Waals surface area contributed by atoms with E-state index in [1.807, 2.05) is 0 Å². The molecule has 0 heterocycles. The van der Waals surface area contributed by atoms with Crippen LogP contribution in [0.25, 0.3) is 0 Å². The van der Waals surface area contributed by atoms with Gasteiger partial charge in [0.25, 0.3) is 0 Å². The molecule has 16 heavy (non-hydrogen) atoms. The molecule has 2 unspecified atom stereocenters. The van der Waals surface area contributed by atoms with Gasteiger partial charge >= 0.3 is 0 Å². The third-order valence-corrected chi connectivity index (χ3v) is 4.07. The number of aliphatic hydroxyl groups is 1. The highest BCUT2D eigenvalue weighted by Crippen LogP contribution is 2.30. The molecule has 0 aliphatic heterocycles. The summed E-state index contributed by atoms with van der Waals surface area (Å²) in [7, 11) is 0. The van der Waals surface area contributed by atoms with Crippen molar-refractivity contribution in [2.75, 3.05) is 13.2 Å². The van der Waals surface area contributed by atoms with E-state index in [1.54, 1.807) is 0 Å². The molecule has 0 spiro atoms. The molecule has 0 aromatic rings. The van der Waals surface area contributed by atoms with Crippen molar-refractivity contribution in [3.63, 3.8) is 0 Å². The lowest BCUT2D eigenvalue weighted by atomic mass is 9.80. The molecule has 0 amide bonds. The average molecular weight is 227 g/mol. The topological polar surface area (TPSA) is 32.3 Å². The summed E-state index contributed by atoms with van der Waals surface area (Å²) in [5.41, 5.74) is 0.0912. The van der Waals surface area contributed by atoms with Gasteiger partial charge in [0.05, 0.1) is 0 Å².